The fraction of sp³-hybridized carbons (Fsp3) is 0.810. The molecule has 1 aromatic rings. The van der Waals surface area contributed by atoms with E-state index in [-0.39, 0.29) is 18.0 Å². The number of hydrogen-bond donors (Lipinski definition) is 1. The molecule has 2 heterocycles. The number of amides is 2. The Bertz CT molecular complexity index is 676. The van der Waals surface area contributed by atoms with E-state index in [2.05, 4.69) is 20.5 Å². The Labute approximate surface area is 167 Å². The second-order valence-electron chi connectivity index (χ2n) is 8.87. The molecule has 1 aliphatic heterocycles. The number of nitrogens with zero attached hydrogens (tertiary/aromatic N) is 4. The molecule has 0 aromatic carbocycles. The van der Waals surface area contributed by atoms with Gasteiger partial charge >= 0.3 is 0 Å². The van der Waals surface area contributed by atoms with Crippen molar-refractivity contribution in [1.82, 2.24) is 25.2 Å². The average molecular weight is 388 g/mol. The molecule has 1 saturated heterocycles. The predicted molar refractivity (Wildman–Crippen MR) is 106 cm³/mol. The maximum absolute atomic E-state index is 12.8. The molecule has 0 unspecified atom stereocenters. The highest BCUT2D eigenvalue weighted by Gasteiger charge is 2.31. The standard InChI is InChI=1S/C21H33N5O2/c27-20(13-16-7-2-1-3-8-16)26-12-6-11-18(26)14-25-15-19(23-24-25)21(28)22-17-9-4-5-10-17/h15-18H,1-14H2,(H,22,28)/t18-/m0/s1. The van der Waals surface area contributed by atoms with Crippen molar-refractivity contribution in [2.75, 3.05) is 6.54 Å². The number of carbonyl (C=O) groups excluding carboxylic acids is 2. The highest BCUT2D eigenvalue weighted by molar-refractivity contribution is 5.92. The number of likely N-dealkylation sites (tertiary alicyclic amines) is 1. The summed E-state index contributed by atoms with van der Waals surface area (Å²) in [7, 11) is 0. The largest absolute Gasteiger partial charge is 0.348 e. The van der Waals surface area contributed by atoms with Crippen LogP contribution in [-0.4, -0.2) is 50.3 Å². The SMILES string of the molecule is O=C(NC1CCCC1)c1cn(C[C@@H]2CCCN2C(=O)CC2CCCCC2)nn1. The van der Waals surface area contributed by atoms with E-state index >= 15 is 0 Å². The zero-order valence-corrected chi connectivity index (χ0v) is 16.8. The van der Waals surface area contributed by atoms with Crippen LogP contribution in [0.1, 0.15) is 87.5 Å². The van der Waals surface area contributed by atoms with E-state index in [1.165, 1.54) is 44.9 Å². The smallest absolute Gasteiger partial charge is 0.273 e. The molecular weight excluding hydrogens is 354 g/mol. The molecule has 2 amide bonds. The van der Waals surface area contributed by atoms with E-state index in [4.69, 9.17) is 0 Å². The molecule has 2 saturated carbocycles. The number of hydrogen-bond acceptors (Lipinski definition) is 4. The Kier molecular flexibility index (Phi) is 6.27. The van der Waals surface area contributed by atoms with Crippen LogP contribution in [0.15, 0.2) is 6.20 Å². The van der Waals surface area contributed by atoms with Gasteiger partial charge in [0, 0.05) is 19.0 Å². The molecule has 7 nitrogen and oxygen atoms in total. The van der Waals surface area contributed by atoms with Crippen LogP contribution < -0.4 is 5.32 Å². The van der Waals surface area contributed by atoms with E-state index in [1.54, 1.807) is 10.9 Å². The third kappa shape index (κ3) is 4.73. The number of nitrogens with one attached hydrogen (secondary N) is 1. The number of aromatic nitrogens is 3. The van der Waals surface area contributed by atoms with Crippen molar-refractivity contribution in [3.05, 3.63) is 11.9 Å². The molecule has 0 bridgehead atoms. The van der Waals surface area contributed by atoms with Gasteiger partial charge in [-0.1, -0.05) is 37.3 Å². The molecule has 1 N–H and O–H groups in total. The molecule has 3 aliphatic rings. The van der Waals surface area contributed by atoms with Gasteiger partial charge in [-0.25, -0.2) is 4.68 Å². The Hall–Kier alpha value is -1.92. The third-order valence-electron chi connectivity index (χ3n) is 6.75. The van der Waals surface area contributed by atoms with Crippen molar-refractivity contribution in [2.24, 2.45) is 5.92 Å². The minimum Gasteiger partial charge on any atom is -0.348 e. The molecule has 1 atom stereocenters. The number of rotatable bonds is 6. The topological polar surface area (TPSA) is 80.1 Å². The molecule has 0 radical (unpaired) electrons. The predicted octanol–water partition coefficient (Wildman–Crippen LogP) is 2.91. The zero-order valence-electron chi connectivity index (χ0n) is 16.8. The lowest BCUT2D eigenvalue weighted by molar-refractivity contribution is -0.133. The van der Waals surface area contributed by atoms with Crippen LogP contribution in [0.2, 0.25) is 0 Å². The van der Waals surface area contributed by atoms with Crippen LogP contribution >= 0.6 is 0 Å². The van der Waals surface area contributed by atoms with Gasteiger partial charge < -0.3 is 10.2 Å². The summed E-state index contributed by atoms with van der Waals surface area (Å²) < 4.78 is 1.74. The maximum atomic E-state index is 12.8. The first kappa shape index (κ1) is 19.4. The second kappa shape index (κ2) is 9.05. The van der Waals surface area contributed by atoms with Crippen LogP contribution in [0.5, 0.6) is 0 Å². The van der Waals surface area contributed by atoms with Crippen LogP contribution in [0.4, 0.5) is 0 Å². The van der Waals surface area contributed by atoms with Gasteiger partial charge in [0.15, 0.2) is 5.69 Å². The average Bonchev–Trinajstić information content (AvgIpc) is 3.45. The van der Waals surface area contributed by atoms with E-state index in [0.717, 1.165) is 32.2 Å². The second-order valence-corrected chi connectivity index (χ2v) is 8.87. The summed E-state index contributed by atoms with van der Waals surface area (Å²) in [5.41, 5.74) is 0.380. The fourth-order valence-electron chi connectivity index (χ4n) is 5.15. The molecule has 28 heavy (non-hydrogen) atoms. The molecule has 154 valence electrons. The van der Waals surface area contributed by atoms with Gasteiger partial charge in [0.25, 0.3) is 5.91 Å². The lowest BCUT2D eigenvalue weighted by Crippen LogP contribution is -2.39. The molecular formula is C21H33N5O2. The summed E-state index contributed by atoms with van der Waals surface area (Å²) in [5, 5.41) is 11.3. The van der Waals surface area contributed by atoms with Gasteiger partial charge in [0.2, 0.25) is 5.91 Å². The molecule has 3 fully saturated rings. The van der Waals surface area contributed by atoms with E-state index in [0.29, 0.717) is 30.5 Å². The minimum absolute atomic E-state index is 0.130. The zero-order chi connectivity index (χ0) is 19.3. The van der Waals surface area contributed by atoms with Crippen molar-refractivity contribution >= 4 is 11.8 Å². The van der Waals surface area contributed by atoms with Gasteiger partial charge in [-0.05, 0) is 44.4 Å². The van der Waals surface area contributed by atoms with Gasteiger partial charge in [-0.15, -0.1) is 5.10 Å². The third-order valence-corrected chi connectivity index (χ3v) is 6.75. The number of carbonyl (C=O) groups is 2. The maximum Gasteiger partial charge on any atom is 0.273 e. The Morgan fingerprint density at radius 2 is 1.75 bits per heavy atom. The highest BCUT2D eigenvalue weighted by atomic mass is 16.2. The van der Waals surface area contributed by atoms with Crippen LogP contribution in [0, 0.1) is 5.92 Å². The van der Waals surface area contributed by atoms with Crippen LogP contribution in [-0.2, 0) is 11.3 Å². The van der Waals surface area contributed by atoms with E-state index in [9.17, 15) is 9.59 Å². The summed E-state index contributed by atoms with van der Waals surface area (Å²) in [5.74, 6) is 0.739. The highest BCUT2D eigenvalue weighted by Crippen LogP contribution is 2.29. The van der Waals surface area contributed by atoms with Crippen molar-refractivity contribution in [2.45, 2.75) is 95.7 Å². The molecule has 4 rings (SSSR count). The summed E-state index contributed by atoms with van der Waals surface area (Å²) in [6.45, 7) is 1.47. The minimum atomic E-state index is -0.130. The van der Waals surface area contributed by atoms with Gasteiger partial charge in [0.05, 0.1) is 18.8 Å². The Balaban J connectivity index is 1.30. The van der Waals surface area contributed by atoms with Crippen LogP contribution in [0.25, 0.3) is 0 Å². The van der Waals surface area contributed by atoms with Crippen molar-refractivity contribution in [3.8, 4) is 0 Å². The lowest BCUT2D eigenvalue weighted by Gasteiger charge is -2.28. The quantitative estimate of drug-likeness (QED) is 0.814. The lowest BCUT2D eigenvalue weighted by atomic mass is 9.86. The van der Waals surface area contributed by atoms with Crippen molar-refractivity contribution in [3.63, 3.8) is 0 Å². The summed E-state index contributed by atoms with van der Waals surface area (Å²) in [4.78, 5) is 27.2. The summed E-state index contributed by atoms with van der Waals surface area (Å²) in [6.07, 6.45) is 15.2. The van der Waals surface area contributed by atoms with Crippen molar-refractivity contribution < 1.29 is 9.59 Å². The molecule has 0 spiro atoms. The summed E-state index contributed by atoms with van der Waals surface area (Å²) >= 11 is 0. The first-order chi connectivity index (χ1) is 13.7. The monoisotopic (exact) mass is 387 g/mol. The fourth-order valence-corrected chi connectivity index (χ4v) is 5.15. The van der Waals surface area contributed by atoms with E-state index in [1.807, 2.05) is 0 Å². The Morgan fingerprint density at radius 3 is 2.54 bits per heavy atom. The van der Waals surface area contributed by atoms with Gasteiger partial charge in [-0.3, -0.25) is 9.59 Å². The summed E-state index contributed by atoms with van der Waals surface area (Å²) in [6, 6.07) is 0.448. The van der Waals surface area contributed by atoms with Gasteiger partial charge in [-0.2, -0.15) is 0 Å². The first-order valence-corrected chi connectivity index (χ1v) is 11.2. The molecule has 7 heteroatoms. The van der Waals surface area contributed by atoms with Crippen LogP contribution in [0.3, 0.4) is 0 Å². The van der Waals surface area contributed by atoms with Crippen molar-refractivity contribution in [1.29, 1.82) is 0 Å². The first-order valence-electron chi connectivity index (χ1n) is 11.2. The van der Waals surface area contributed by atoms with Gasteiger partial charge in [0.1, 0.15) is 0 Å². The molecule has 1 aromatic heterocycles. The Morgan fingerprint density at radius 1 is 1.00 bits per heavy atom. The normalized spacial score (nSPS) is 24.0. The molecule has 2 aliphatic carbocycles. The van der Waals surface area contributed by atoms with E-state index < -0.39 is 0 Å².